The lowest BCUT2D eigenvalue weighted by Crippen LogP contribution is -1.97. The van der Waals surface area contributed by atoms with Gasteiger partial charge in [0, 0.05) is 11.1 Å². The molecule has 6 heteroatoms. The van der Waals surface area contributed by atoms with Gasteiger partial charge in [0.1, 0.15) is 18.4 Å². The Balaban J connectivity index is 1.92. The van der Waals surface area contributed by atoms with Crippen LogP contribution in [0.15, 0.2) is 48.9 Å². The molecule has 0 saturated heterocycles. The molecule has 0 aliphatic rings. The number of hydrogen-bond acceptors (Lipinski definition) is 5. The van der Waals surface area contributed by atoms with Crippen LogP contribution in [0, 0.1) is 0 Å². The lowest BCUT2D eigenvalue weighted by Gasteiger charge is -1.99. The van der Waals surface area contributed by atoms with E-state index in [0.717, 1.165) is 11.8 Å². The topological polar surface area (TPSA) is 80.9 Å². The van der Waals surface area contributed by atoms with E-state index in [-0.39, 0.29) is 5.75 Å². The molecule has 1 aromatic carbocycles. The van der Waals surface area contributed by atoms with Gasteiger partial charge in [-0.25, -0.2) is 14.6 Å². The van der Waals surface area contributed by atoms with E-state index in [0.29, 0.717) is 17.2 Å². The lowest BCUT2D eigenvalue weighted by atomic mass is 10.1. The van der Waals surface area contributed by atoms with Gasteiger partial charge in [-0.1, -0.05) is 24.3 Å². The van der Waals surface area contributed by atoms with Gasteiger partial charge in [0.15, 0.2) is 11.6 Å². The molecule has 2 aromatic heterocycles. The molecule has 0 spiro atoms. The number of benzene rings is 1. The average Bonchev–Trinajstić information content (AvgIpc) is 2.98. The molecule has 0 unspecified atom stereocenters. The zero-order valence-electron chi connectivity index (χ0n) is 10.3. The minimum atomic E-state index is 0.0959. The molecule has 0 amide bonds. The van der Waals surface area contributed by atoms with Gasteiger partial charge in [-0.3, -0.25) is 4.79 Å². The molecule has 0 aliphatic carbocycles. The molecule has 0 aliphatic heterocycles. The first-order valence-electron chi connectivity index (χ1n) is 5.89. The van der Waals surface area contributed by atoms with Crippen molar-refractivity contribution in [3.05, 3.63) is 54.5 Å². The van der Waals surface area contributed by atoms with Crippen molar-refractivity contribution in [3.8, 4) is 23.0 Å². The third-order valence-corrected chi connectivity index (χ3v) is 2.76. The Morgan fingerprint density at radius 3 is 2.50 bits per heavy atom. The molecule has 0 radical (unpaired) electrons. The van der Waals surface area contributed by atoms with Crippen LogP contribution in [-0.2, 0) is 0 Å². The van der Waals surface area contributed by atoms with Crippen LogP contribution >= 0.6 is 0 Å². The number of rotatable bonds is 3. The van der Waals surface area contributed by atoms with Gasteiger partial charge in [-0.15, -0.1) is 5.10 Å². The fraction of sp³-hybridized carbons (Fsp3) is 0. The van der Waals surface area contributed by atoms with Crippen molar-refractivity contribution in [1.29, 1.82) is 0 Å². The zero-order chi connectivity index (χ0) is 13.9. The summed E-state index contributed by atoms with van der Waals surface area (Å²) in [6.07, 6.45) is 3.67. The van der Waals surface area contributed by atoms with Crippen LogP contribution in [0.3, 0.4) is 0 Å². The summed E-state index contributed by atoms with van der Waals surface area (Å²) in [5, 5.41) is 13.5. The van der Waals surface area contributed by atoms with Crippen LogP contribution in [0.1, 0.15) is 10.4 Å². The molecule has 0 saturated carbocycles. The van der Waals surface area contributed by atoms with Gasteiger partial charge in [0.25, 0.3) is 0 Å². The van der Waals surface area contributed by atoms with Crippen LogP contribution in [0.2, 0.25) is 0 Å². The standard InChI is InChI=1S/C14H10N4O2/c19-8-10-1-3-11(4-2-10)14-16-9-18(17-14)13-6-5-12(20)7-15-13/h1-9,20H. The molecule has 3 rings (SSSR count). The fourth-order valence-electron chi connectivity index (χ4n) is 1.73. The highest BCUT2D eigenvalue weighted by atomic mass is 16.3. The summed E-state index contributed by atoms with van der Waals surface area (Å²) in [7, 11) is 0. The molecule has 1 N–H and O–H groups in total. The van der Waals surface area contributed by atoms with E-state index >= 15 is 0 Å². The number of aromatic hydroxyl groups is 1. The highest BCUT2D eigenvalue weighted by Crippen LogP contribution is 2.16. The van der Waals surface area contributed by atoms with E-state index < -0.39 is 0 Å². The summed E-state index contributed by atoms with van der Waals surface area (Å²) in [6, 6.07) is 10.2. The zero-order valence-corrected chi connectivity index (χ0v) is 10.3. The Kier molecular flexibility index (Phi) is 2.96. The van der Waals surface area contributed by atoms with Gasteiger partial charge in [0.05, 0.1) is 6.20 Å². The average molecular weight is 266 g/mol. The monoisotopic (exact) mass is 266 g/mol. The molecule has 2 heterocycles. The number of carbonyl (C=O) groups is 1. The number of carbonyl (C=O) groups excluding carboxylic acids is 1. The van der Waals surface area contributed by atoms with Crippen molar-refractivity contribution < 1.29 is 9.90 Å². The second-order valence-electron chi connectivity index (χ2n) is 4.13. The van der Waals surface area contributed by atoms with Crippen molar-refractivity contribution in [1.82, 2.24) is 19.7 Å². The summed E-state index contributed by atoms with van der Waals surface area (Å²) < 4.78 is 1.52. The Bertz CT molecular complexity index is 733. The van der Waals surface area contributed by atoms with Gasteiger partial charge in [-0.05, 0) is 12.1 Å². The molecule has 0 bridgehead atoms. The van der Waals surface area contributed by atoms with E-state index in [4.69, 9.17) is 0 Å². The van der Waals surface area contributed by atoms with Gasteiger partial charge < -0.3 is 5.11 Å². The summed E-state index contributed by atoms with van der Waals surface area (Å²) in [5.74, 6) is 1.20. The predicted octanol–water partition coefficient (Wildman–Crippen LogP) is 1.85. The van der Waals surface area contributed by atoms with Gasteiger partial charge in [-0.2, -0.15) is 0 Å². The minimum absolute atomic E-state index is 0.0959. The Labute approximate surface area is 114 Å². The molecule has 0 atom stereocenters. The van der Waals surface area contributed by atoms with E-state index in [2.05, 4.69) is 15.1 Å². The first-order chi connectivity index (χ1) is 9.76. The second-order valence-corrected chi connectivity index (χ2v) is 4.13. The van der Waals surface area contributed by atoms with E-state index in [1.54, 1.807) is 36.7 Å². The maximum Gasteiger partial charge on any atom is 0.181 e. The van der Waals surface area contributed by atoms with Gasteiger partial charge in [0.2, 0.25) is 0 Å². The largest absolute Gasteiger partial charge is 0.506 e. The number of aromatic nitrogens is 4. The number of nitrogens with zero attached hydrogens (tertiary/aromatic N) is 4. The van der Waals surface area contributed by atoms with Crippen LogP contribution in [0.5, 0.6) is 5.75 Å². The van der Waals surface area contributed by atoms with Crippen molar-refractivity contribution in [2.75, 3.05) is 0 Å². The maximum absolute atomic E-state index is 10.6. The van der Waals surface area contributed by atoms with Crippen LogP contribution in [-0.4, -0.2) is 31.1 Å². The normalized spacial score (nSPS) is 10.4. The highest BCUT2D eigenvalue weighted by molar-refractivity contribution is 5.76. The van der Waals surface area contributed by atoms with Crippen molar-refractivity contribution >= 4 is 6.29 Å². The van der Waals surface area contributed by atoms with E-state index in [9.17, 15) is 9.90 Å². The Morgan fingerprint density at radius 2 is 1.85 bits per heavy atom. The van der Waals surface area contributed by atoms with Gasteiger partial charge >= 0.3 is 0 Å². The molecular weight excluding hydrogens is 256 g/mol. The fourth-order valence-corrected chi connectivity index (χ4v) is 1.73. The smallest absolute Gasteiger partial charge is 0.181 e. The van der Waals surface area contributed by atoms with Crippen molar-refractivity contribution in [2.24, 2.45) is 0 Å². The number of pyridine rings is 1. The van der Waals surface area contributed by atoms with E-state index in [1.807, 2.05) is 0 Å². The van der Waals surface area contributed by atoms with Crippen molar-refractivity contribution in [3.63, 3.8) is 0 Å². The number of hydrogen-bond donors (Lipinski definition) is 1. The SMILES string of the molecule is O=Cc1ccc(-c2ncn(-c3ccc(O)cn3)n2)cc1. The Hall–Kier alpha value is -3.02. The third kappa shape index (κ3) is 2.26. The van der Waals surface area contributed by atoms with Crippen LogP contribution < -0.4 is 0 Å². The summed E-state index contributed by atoms with van der Waals surface area (Å²) in [6.45, 7) is 0. The predicted molar refractivity (Wildman–Crippen MR) is 71.6 cm³/mol. The molecule has 6 nitrogen and oxygen atoms in total. The summed E-state index contributed by atoms with van der Waals surface area (Å²) >= 11 is 0. The molecule has 3 aromatic rings. The van der Waals surface area contributed by atoms with Crippen LogP contribution in [0.4, 0.5) is 0 Å². The Morgan fingerprint density at radius 1 is 1.05 bits per heavy atom. The van der Waals surface area contributed by atoms with Crippen molar-refractivity contribution in [2.45, 2.75) is 0 Å². The minimum Gasteiger partial charge on any atom is -0.506 e. The highest BCUT2D eigenvalue weighted by Gasteiger charge is 2.06. The second kappa shape index (κ2) is 4.93. The molecule has 20 heavy (non-hydrogen) atoms. The molecule has 0 fully saturated rings. The molecule has 98 valence electrons. The lowest BCUT2D eigenvalue weighted by molar-refractivity contribution is 0.112. The summed E-state index contributed by atoms with van der Waals surface area (Å²) in [4.78, 5) is 18.9. The summed E-state index contributed by atoms with van der Waals surface area (Å²) in [5.41, 5.74) is 1.42. The molecular formula is C14H10N4O2. The quantitative estimate of drug-likeness (QED) is 0.732. The van der Waals surface area contributed by atoms with E-state index in [1.165, 1.54) is 16.9 Å². The third-order valence-electron chi connectivity index (χ3n) is 2.76. The maximum atomic E-state index is 10.6. The first-order valence-corrected chi connectivity index (χ1v) is 5.89. The first kappa shape index (κ1) is 12.0. The van der Waals surface area contributed by atoms with Crippen LogP contribution in [0.25, 0.3) is 17.2 Å². The number of aldehydes is 1.